The average molecular weight is 1080 g/mol. The lowest BCUT2D eigenvalue weighted by Gasteiger charge is -2.31. The van der Waals surface area contributed by atoms with E-state index in [1.54, 1.807) is 97.1 Å². The number of carbonyl (C=O) groups is 2. The summed E-state index contributed by atoms with van der Waals surface area (Å²) in [7, 11) is 1.31. The lowest BCUT2D eigenvalue weighted by molar-refractivity contribution is 0.0651. The van der Waals surface area contributed by atoms with Gasteiger partial charge in [-0.25, -0.2) is 30.4 Å². The second kappa shape index (κ2) is 26.5. The number of hydrogen-bond acceptors (Lipinski definition) is 15. The van der Waals surface area contributed by atoms with E-state index in [-0.39, 0.29) is 26.2 Å². The molecule has 4 heterocycles. The molecule has 6 aromatic rings. The van der Waals surface area contributed by atoms with Gasteiger partial charge in [-0.2, -0.15) is 18.8 Å². The fourth-order valence-corrected chi connectivity index (χ4v) is 10.4. The number of aromatic nitrogens is 4. The number of aromatic amines is 2. The van der Waals surface area contributed by atoms with Crippen molar-refractivity contribution in [2.24, 2.45) is 0 Å². The quantitative estimate of drug-likeness (QED) is 0.0925. The molecule has 404 valence electrons. The van der Waals surface area contributed by atoms with Crippen LogP contribution < -0.4 is 24.3 Å². The van der Waals surface area contributed by atoms with Crippen LogP contribution in [0.3, 0.4) is 0 Å². The average Bonchev–Trinajstić information content (AvgIpc) is 4.02. The SMILES string of the molecule is CN1CCNCC1.COc1ccc(CN(Cc2ccc(OC)cc2)S(=O)(=O)c2[nH]nc(C(=O)N3CCN(C)CC3)c2F)cc1.COc1ccc(CN(Cc2ccc(OC)cc2)S(=O)(=O)c2[nH]nc(C(=O)O)c2F)cc1. The number of halogens is 2. The van der Waals surface area contributed by atoms with Crippen LogP contribution in [0.1, 0.15) is 43.2 Å². The number of methoxy groups -OCH3 is 4. The maximum absolute atomic E-state index is 15.5. The number of carboxylic acid groups (broad SMARTS) is 1. The van der Waals surface area contributed by atoms with E-state index in [9.17, 15) is 30.8 Å². The molecule has 75 heavy (non-hydrogen) atoms. The fraction of sp³-hybridized carbons (Fsp3) is 0.360. The topological polar surface area (TPSA) is 245 Å². The Balaban J connectivity index is 0.000000218. The number of aromatic carboxylic acids is 1. The summed E-state index contributed by atoms with van der Waals surface area (Å²) < 4.78 is 107. The monoisotopic (exact) mass is 1080 g/mol. The number of benzene rings is 4. The largest absolute Gasteiger partial charge is 0.497 e. The molecular formula is C50H62F2N10O11S2. The van der Waals surface area contributed by atoms with Crippen LogP contribution >= 0.6 is 0 Å². The Labute approximate surface area is 435 Å². The van der Waals surface area contributed by atoms with Crippen molar-refractivity contribution in [3.8, 4) is 23.0 Å². The highest BCUT2D eigenvalue weighted by Gasteiger charge is 2.36. The molecular weight excluding hydrogens is 1020 g/mol. The highest BCUT2D eigenvalue weighted by atomic mass is 32.2. The molecule has 2 aliphatic heterocycles. The maximum atomic E-state index is 15.5. The number of H-pyrrole nitrogens is 2. The molecule has 2 aromatic heterocycles. The number of carboxylic acids is 1. The number of likely N-dealkylation sites (N-methyl/N-ethyl adjacent to an activating group) is 2. The second-order valence-electron chi connectivity index (χ2n) is 17.3. The molecule has 4 N–H and O–H groups in total. The summed E-state index contributed by atoms with van der Waals surface area (Å²) in [6.45, 7) is 6.55. The third-order valence-electron chi connectivity index (χ3n) is 12.2. The molecule has 0 bridgehead atoms. The Hall–Kier alpha value is -7.00. The summed E-state index contributed by atoms with van der Waals surface area (Å²) in [5.74, 6) is -2.49. The van der Waals surface area contributed by atoms with Crippen LogP contribution in [-0.4, -0.2) is 172 Å². The number of rotatable bonds is 18. The smallest absolute Gasteiger partial charge is 0.359 e. The van der Waals surface area contributed by atoms with E-state index in [4.69, 9.17) is 24.1 Å². The van der Waals surface area contributed by atoms with Gasteiger partial charge in [0.05, 0.1) is 28.4 Å². The third-order valence-corrected chi connectivity index (χ3v) is 15.6. The van der Waals surface area contributed by atoms with Gasteiger partial charge in [0.25, 0.3) is 26.0 Å². The molecule has 4 aromatic carbocycles. The summed E-state index contributed by atoms with van der Waals surface area (Å²) >= 11 is 0. The summed E-state index contributed by atoms with van der Waals surface area (Å²) in [5, 5.41) is 22.0. The Bertz CT molecular complexity index is 2920. The minimum atomic E-state index is -4.46. The zero-order chi connectivity index (χ0) is 54.3. The Kier molecular flexibility index (Phi) is 20.2. The number of sulfonamides is 2. The van der Waals surface area contributed by atoms with E-state index in [1.807, 2.05) is 12.1 Å². The van der Waals surface area contributed by atoms with E-state index in [0.717, 1.165) is 21.7 Å². The molecule has 2 fully saturated rings. The van der Waals surface area contributed by atoms with Gasteiger partial charge in [0.15, 0.2) is 17.3 Å². The molecule has 21 nitrogen and oxygen atoms in total. The standard InChI is InChI=1S/C25H30FN5O5S.C20H20FN3O6S.C5H12N2/c1-29-12-14-30(15-13-29)25(32)23-22(26)24(28-27-23)37(33,34)31(16-18-4-8-20(35-2)9-5-18)17-19-6-10-21(36-3)11-7-19;1-29-15-7-3-13(4-8-15)11-24(12-14-5-9-16(30-2)10-6-14)31(27,28)19-17(21)18(20(25)26)22-23-19;1-7-4-2-6-3-5-7/h4-11H,12-17H2,1-3H3,(H,27,28);3-10H,11-12H2,1-2H3,(H,22,23)(H,25,26);6H,2-5H2,1H3. The van der Waals surface area contributed by atoms with Gasteiger partial charge in [-0.3, -0.25) is 15.0 Å². The summed E-state index contributed by atoms with van der Waals surface area (Å²) in [6.07, 6.45) is 0. The lowest BCUT2D eigenvalue weighted by atomic mass is 10.2. The van der Waals surface area contributed by atoms with Gasteiger partial charge < -0.3 is 44.1 Å². The van der Waals surface area contributed by atoms with Crippen molar-refractivity contribution in [1.82, 2.24) is 49.0 Å². The van der Waals surface area contributed by atoms with Crippen molar-refractivity contribution >= 4 is 31.9 Å². The molecule has 25 heteroatoms. The first-order valence-electron chi connectivity index (χ1n) is 23.5. The van der Waals surface area contributed by atoms with Gasteiger partial charge in [-0.1, -0.05) is 48.5 Å². The molecule has 8 rings (SSSR count). The van der Waals surface area contributed by atoms with E-state index < -0.39 is 65.0 Å². The van der Waals surface area contributed by atoms with Crippen LogP contribution in [0.25, 0.3) is 0 Å². The molecule has 2 saturated heterocycles. The number of ether oxygens (including phenoxy) is 4. The molecule has 0 atom stereocenters. The zero-order valence-electron chi connectivity index (χ0n) is 42.5. The van der Waals surface area contributed by atoms with Crippen LogP contribution in [0, 0.1) is 11.6 Å². The molecule has 0 saturated carbocycles. The van der Waals surface area contributed by atoms with Crippen molar-refractivity contribution < 1.29 is 59.3 Å². The zero-order valence-corrected chi connectivity index (χ0v) is 44.1. The van der Waals surface area contributed by atoms with Gasteiger partial charge in [0, 0.05) is 78.5 Å². The first kappa shape index (κ1) is 57.3. The van der Waals surface area contributed by atoms with Gasteiger partial charge in [-0.15, -0.1) is 0 Å². The normalized spacial score (nSPS) is 14.3. The predicted molar refractivity (Wildman–Crippen MR) is 273 cm³/mol. The molecule has 0 unspecified atom stereocenters. The number of amides is 1. The minimum absolute atomic E-state index is 0.0431. The van der Waals surface area contributed by atoms with Crippen LogP contribution in [0.2, 0.25) is 0 Å². The van der Waals surface area contributed by atoms with Crippen LogP contribution in [-0.2, 0) is 46.2 Å². The number of carbonyl (C=O) groups excluding carboxylic acids is 1. The Morgan fingerprint density at radius 3 is 1.12 bits per heavy atom. The first-order valence-corrected chi connectivity index (χ1v) is 26.4. The molecule has 1 amide bonds. The highest BCUT2D eigenvalue weighted by molar-refractivity contribution is 7.89. The summed E-state index contributed by atoms with van der Waals surface area (Å²) in [4.78, 5) is 29.8. The number of piperazine rings is 2. The maximum Gasteiger partial charge on any atom is 0.359 e. The molecule has 0 aliphatic carbocycles. The second-order valence-corrected chi connectivity index (χ2v) is 21.1. The van der Waals surface area contributed by atoms with Crippen LogP contribution in [0.4, 0.5) is 8.78 Å². The van der Waals surface area contributed by atoms with Gasteiger partial charge in [0.2, 0.25) is 15.7 Å². The van der Waals surface area contributed by atoms with Crippen molar-refractivity contribution in [2.75, 3.05) is 94.9 Å². The van der Waals surface area contributed by atoms with Crippen LogP contribution in [0.5, 0.6) is 23.0 Å². The first-order chi connectivity index (χ1) is 35.9. The molecule has 0 spiro atoms. The van der Waals surface area contributed by atoms with Crippen molar-refractivity contribution in [3.05, 3.63) is 142 Å². The number of nitrogens with one attached hydrogen (secondary N) is 3. The van der Waals surface area contributed by atoms with E-state index in [2.05, 4.69) is 37.5 Å². The van der Waals surface area contributed by atoms with Gasteiger partial charge in [-0.05, 0) is 84.9 Å². The summed E-state index contributed by atoms with van der Waals surface area (Å²) in [6, 6.07) is 27.2. The fourth-order valence-electron chi connectivity index (χ4n) is 7.63. The third kappa shape index (κ3) is 15.1. The van der Waals surface area contributed by atoms with Gasteiger partial charge in [0.1, 0.15) is 23.0 Å². The van der Waals surface area contributed by atoms with E-state index in [0.29, 0.717) is 71.4 Å². The molecule has 0 radical (unpaired) electrons. The van der Waals surface area contributed by atoms with Crippen molar-refractivity contribution in [2.45, 2.75) is 36.2 Å². The van der Waals surface area contributed by atoms with E-state index in [1.165, 1.54) is 46.4 Å². The highest BCUT2D eigenvalue weighted by Crippen LogP contribution is 2.28. The Morgan fingerprint density at radius 2 is 0.840 bits per heavy atom. The minimum Gasteiger partial charge on any atom is -0.497 e. The Morgan fingerprint density at radius 1 is 0.533 bits per heavy atom. The number of nitrogens with zero attached hydrogens (tertiary/aromatic N) is 7. The predicted octanol–water partition coefficient (Wildman–Crippen LogP) is 4.52. The van der Waals surface area contributed by atoms with Crippen LogP contribution in [0.15, 0.2) is 107 Å². The summed E-state index contributed by atoms with van der Waals surface area (Å²) in [5.41, 5.74) is 1.06. The number of hydrogen-bond donors (Lipinski definition) is 4. The van der Waals surface area contributed by atoms with Crippen molar-refractivity contribution in [3.63, 3.8) is 0 Å². The molecule has 2 aliphatic rings. The lowest BCUT2D eigenvalue weighted by Crippen LogP contribution is -2.47. The van der Waals surface area contributed by atoms with Gasteiger partial charge >= 0.3 is 5.97 Å². The van der Waals surface area contributed by atoms with Crippen molar-refractivity contribution in [1.29, 1.82) is 0 Å². The van der Waals surface area contributed by atoms with E-state index >= 15 is 4.39 Å².